The topological polar surface area (TPSA) is 57.5 Å². The molecule has 0 aliphatic rings. The fraction of sp³-hybridized carbons (Fsp3) is 0.972. The third-order valence-corrected chi connectivity index (χ3v) is 8.35. The summed E-state index contributed by atoms with van der Waals surface area (Å²) < 4.78 is 0. The van der Waals surface area contributed by atoms with E-state index in [1.807, 2.05) is 0 Å². The van der Waals surface area contributed by atoms with E-state index in [-0.39, 0.29) is 5.92 Å². The fourth-order valence-electron chi connectivity index (χ4n) is 5.49. The second-order valence-electron chi connectivity index (χ2n) is 12.3. The molecule has 0 bridgehead atoms. The van der Waals surface area contributed by atoms with Crippen molar-refractivity contribution in [1.82, 2.24) is 0 Å². The number of aliphatic carboxylic acids is 1. The molecule has 39 heavy (non-hydrogen) atoms. The molecule has 0 heterocycles. The quantitative estimate of drug-likeness (QED) is 0.0868. The normalized spacial score (nSPS) is 12.6. The van der Waals surface area contributed by atoms with Crippen molar-refractivity contribution in [1.29, 1.82) is 0 Å². The van der Waals surface area contributed by atoms with Gasteiger partial charge in [-0.15, -0.1) is 0 Å². The van der Waals surface area contributed by atoms with Crippen molar-refractivity contribution in [2.24, 2.45) is 11.8 Å². The molecule has 0 saturated carbocycles. The van der Waals surface area contributed by atoms with Crippen LogP contribution in [0, 0.1) is 11.8 Å². The van der Waals surface area contributed by atoms with Crippen LogP contribution in [0.3, 0.4) is 0 Å². The second kappa shape index (κ2) is 35.5. The molecule has 3 nitrogen and oxygen atoms in total. The maximum absolute atomic E-state index is 11.1. The zero-order valence-corrected chi connectivity index (χ0v) is 27.5. The minimum Gasteiger partial charge on any atom is -0.481 e. The van der Waals surface area contributed by atoms with Gasteiger partial charge >= 0.3 is 5.97 Å². The fourth-order valence-corrected chi connectivity index (χ4v) is 5.49. The second-order valence-corrected chi connectivity index (χ2v) is 12.3. The van der Waals surface area contributed by atoms with Crippen LogP contribution in [-0.2, 0) is 4.79 Å². The van der Waals surface area contributed by atoms with Crippen molar-refractivity contribution >= 4 is 5.97 Å². The highest BCUT2D eigenvalue weighted by atomic mass is 16.4. The summed E-state index contributed by atoms with van der Waals surface area (Å²) in [5.41, 5.74) is 0. The van der Waals surface area contributed by atoms with Crippen LogP contribution in [0.1, 0.15) is 207 Å². The highest BCUT2D eigenvalue weighted by molar-refractivity contribution is 5.69. The molecule has 0 saturated heterocycles. The van der Waals surface area contributed by atoms with Gasteiger partial charge in [-0.3, -0.25) is 4.79 Å². The molecular weight excluding hydrogens is 480 g/mol. The van der Waals surface area contributed by atoms with Crippen LogP contribution in [0.2, 0.25) is 0 Å². The first kappa shape index (κ1) is 40.6. The van der Waals surface area contributed by atoms with Crippen LogP contribution < -0.4 is 0 Å². The summed E-state index contributed by atoms with van der Waals surface area (Å²) in [4.78, 5) is 11.1. The van der Waals surface area contributed by atoms with Gasteiger partial charge < -0.3 is 10.2 Å². The van der Waals surface area contributed by atoms with Gasteiger partial charge in [0.15, 0.2) is 0 Å². The van der Waals surface area contributed by atoms with Gasteiger partial charge in [0.25, 0.3) is 0 Å². The molecule has 2 atom stereocenters. The van der Waals surface area contributed by atoms with Gasteiger partial charge in [-0.05, 0) is 31.6 Å². The Morgan fingerprint density at radius 3 is 0.974 bits per heavy atom. The Hall–Kier alpha value is -0.570. The van der Waals surface area contributed by atoms with Crippen molar-refractivity contribution in [2.75, 3.05) is 6.61 Å². The number of carbonyl (C=O) groups is 1. The van der Waals surface area contributed by atoms with Crippen molar-refractivity contribution in [3.8, 4) is 0 Å². The van der Waals surface area contributed by atoms with E-state index in [9.17, 15) is 15.0 Å². The SMILES string of the molecule is CCCCCCCCC(CCCCCC)C(=O)O.CCCCCCCCCCC(CO)CCCCCCCC. The Balaban J connectivity index is 0. The monoisotopic (exact) mass is 555 g/mol. The van der Waals surface area contributed by atoms with Gasteiger partial charge in [-0.25, -0.2) is 0 Å². The van der Waals surface area contributed by atoms with E-state index < -0.39 is 5.97 Å². The largest absolute Gasteiger partial charge is 0.481 e. The predicted molar refractivity (Wildman–Crippen MR) is 174 cm³/mol. The minimum atomic E-state index is -0.583. The number of unbranched alkanes of at least 4 members (excludes halogenated alkanes) is 20. The molecule has 0 spiro atoms. The molecular formula is C36H74O3. The molecule has 0 aromatic carbocycles. The van der Waals surface area contributed by atoms with E-state index in [2.05, 4.69) is 27.7 Å². The van der Waals surface area contributed by atoms with E-state index >= 15 is 0 Å². The first-order chi connectivity index (χ1) is 19.1. The maximum atomic E-state index is 11.1. The lowest BCUT2D eigenvalue weighted by atomic mass is 9.94. The smallest absolute Gasteiger partial charge is 0.306 e. The lowest BCUT2D eigenvalue weighted by Crippen LogP contribution is -2.13. The summed E-state index contributed by atoms with van der Waals surface area (Å²) in [6.07, 6.45) is 35.8. The van der Waals surface area contributed by atoms with E-state index in [4.69, 9.17) is 0 Å². The lowest BCUT2D eigenvalue weighted by molar-refractivity contribution is -0.142. The number of aliphatic hydroxyl groups is 1. The molecule has 0 aromatic heterocycles. The van der Waals surface area contributed by atoms with E-state index in [1.165, 1.54) is 154 Å². The summed E-state index contributed by atoms with van der Waals surface area (Å²) in [5.74, 6) is -0.0932. The summed E-state index contributed by atoms with van der Waals surface area (Å²) in [6, 6.07) is 0. The van der Waals surface area contributed by atoms with E-state index in [1.54, 1.807) is 0 Å². The summed E-state index contributed by atoms with van der Waals surface area (Å²) in [7, 11) is 0. The number of hydrogen-bond acceptors (Lipinski definition) is 2. The van der Waals surface area contributed by atoms with Crippen molar-refractivity contribution in [3.05, 3.63) is 0 Å². The molecule has 0 aliphatic heterocycles. The summed E-state index contributed by atoms with van der Waals surface area (Å²) >= 11 is 0. The molecule has 0 rings (SSSR count). The molecule has 2 N–H and O–H groups in total. The lowest BCUT2D eigenvalue weighted by Gasteiger charge is -2.13. The Bertz CT molecular complexity index is 451. The van der Waals surface area contributed by atoms with Gasteiger partial charge in [-0.1, -0.05) is 182 Å². The van der Waals surface area contributed by atoms with Crippen LogP contribution in [-0.4, -0.2) is 22.8 Å². The third kappa shape index (κ3) is 33.5. The zero-order valence-electron chi connectivity index (χ0n) is 27.5. The molecule has 0 amide bonds. The third-order valence-electron chi connectivity index (χ3n) is 8.35. The molecule has 236 valence electrons. The standard InChI is InChI=1S/C20H42O.C16H32O2/c1-3-5-7-9-11-12-14-16-18-20(19-21)17-15-13-10-8-6-4-2;1-3-5-7-9-10-12-14-15(16(17)18)13-11-8-6-4-2/h20-21H,3-19H2,1-2H3;15H,3-14H2,1-2H3,(H,17,18). The number of rotatable bonds is 30. The predicted octanol–water partition coefficient (Wildman–Crippen LogP) is 12.3. The van der Waals surface area contributed by atoms with Crippen LogP contribution in [0.25, 0.3) is 0 Å². The average molecular weight is 555 g/mol. The van der Waals surface area contributed by atoms with Gasteiger partial charge in [-0.2, -0.15) is 0 Å². The average Bonchev–Trinajstić information content (AvgIpc) is 2.94. The van der Waals surface area contributed by atoms with Crippen molar-refractivity contribution in [3.63, 3.8) is 0 Å². The van der Waals surface area contributed by atoms with Crippen LogP contribution >= 0.6 is 0 Å². The van der Waals surface area contributed by atoms with Gasteiger partial charge in [0.1, 0.15) is 0 Å². The maximum Gasteiger partial charge on any atom is 0.306 e. The highest BCUT2D eigenvalue weighted by Gasteiger charge is 2.16. The van der Waals surface area contributed by atoms with E-state index in [0.717, 1.165) is 25.7 Å². The van der Waals surface area contributed by atoms with Crippen LogP contribution in [0.15, 0.2) is 0 Å². The van der Waals surface area contributed by atoms with Gasteiger partial charge in [0, 0.05) is 6.61 Å². The van der Waals surface area contributed by atoms with Crippen LogP contribution in [0.4, 0.5) is 0 Å². The molecule has 2 unspecified atom stereocenters. The molecule has 0 radical (unpaired) electrons. The summed E-state index contributed by atoms with van der Waals surface area (Å²) in [6.45, 7) is 9.36. The Morgan fingerprint density at radius 2 is 0.692 bits per heavy atom. The number of carboxylic acid groups (broad SMARTS) is 1. The van der Waals surface area contributed by atoms with Crippen molar-refractivity contribution in [2.45, 2.75) is 207 Å². The first-order valence-electron chi connectivity index (χ1n) is 17.9. The highest BCUT2D eigenvalue weighted by Crippen LogP contribution is 2.20. The Labute approximate surface area is 246 Å². The summed E-state index contributed by atoms with van der Waals surface area (Å²) in [5, 5.41) is 18.6. The molecule has 3 heteroatoms. The molecule has 0 aromatic rings. The number of carboxylic acids is 1. The van der Waals surface area contributed by atoms with Crippen LogP contribution in [0.5, 0.6) is 0 Å². The Kier molecular flexibility index (Phi) is 36.9. The molecule has 0 fully saturated rings. The molecule has 0 aliphatic carbocycles. The zero-order chi connectivity index (χ0) is 29.2. The first-order valence-corrected chi connectivity index (χ1v) is 17.9. The van der Waals surface area contributed by atoms with E-state index in [0.29, 0.717) is 12.5 Å². The van der Waals surface area contributed by atoms with Gasteiger partial charge in [0.05, 0.1) is 5.92 Å². The number of hydrogen-bond donors (Lipinski definition) is 2. The minimum absolute atomic E-state index is 0.0898. The van der Waals surface area contributed by atoms with Gasteiger partial charge in [0.2, 0.25) is 0 Å². The van der Waals surface area contributed by atoms with Crippen molar-refractivity contribution < 1.29 is 15.0 Å². The number of aliphatic hydroxyl groups excluding tert-OH is 1. The Morgan fingerprint density at radius 1 is 0.436 bits per heavy atom.